The number of amides is 1. The minimum atomic E-state index is -0.906. The van der Waals surface area contributed by atoms with Crippen LogP contribution in [0.25, 0.3) is 0 Å². The second-order valence-electron chi connectivity index (χ2n) is 5.47. The van der Waals surface area contributed by atoms with E-state index in [1.165, 1.54) is 4.90 Å². The van der Waals surface area contributed by atoms with E-state index in [4.69, 9.17) is 21.1 Å². The fraction of sp³-hybridized carbons (Fsp3) is 0.833. The van der Waals surface area contributed by atoms with Gasteiger partial charge in [-0.15, -0.1) is 0 Å². The van der Waals surface area contributed by atoms with E-state index in [1.807, 2.05) is 0 Å². The van der Waals surface area contributed by atoms with Crippen molar-refractivity contribution in [3.05, 3.63) is 0 Å². The zero-order valence-electron chi connectivity index (χ0n) is 11.3. The summed E-state index contributed by atoms with van der Waals surface area (Å²) in [6.07, 6.45) is 1.52. The number of hydrogen-bond donors (Lipinski definition) is 0. The SMILES string of the molecule is CN(C(=O)OC(C)(C)C)C1(C(=O)OCCl)CCC1. The van der Waals surface area contributed by atoms with Crippen molar-refractivity contribution in [2.45, 2.75) is 51.2 Å². The third-order valence-corrected chi connectivity index (χ3v) is 3.16. The molecule has 1 rings (SSSR count). The lowest BCUT2D eigenvalue weighted by Crippen LogP contribution is -2.60. The van der Waals surface area contributed by atoms with E-state index < -0.39 is 23.2 Å². The molecule has 0 aromatic rings. The summed E-state index contributed by atoms with van der Waals surface area (Å²) in [5, 5.41) is 0. The predicted molar refractivity (Wildman–Crippen MR) is 67.4 cm³/mol. The second kappa shape index (κ2) is 5.34. The number of nitrogens with zero attached hydrogens (tertiary/aromatic N) is 1. The standard InChI is InChI=1S/C12H20ClNO4/c1-11(2,3)18-10(16)14(4)12(6-5-7-12)9(15)17-8-13/h5-8H2,1-4H3. The first-order valence-electron chi connectivity index (χ1n) is 5.93. The van der Waals surface area contributed by atoms with Crippen LogP contribution in [0.2, 0.25) is 0 Å². The highest BCUT2D eigenvalue weighted by atomic mass is 35.5. The Morgan fingerprint density at radius 1 is 1.33 bits per heavy atom. The van der Waals surface area contributed by atoms with Gasteiger partial charge in [-0.25, -0.2) is 9.59 Å². The molecule has 1 aliphatic rings. The number of rotatable bonds is 3. The third kappa shape index (κ3) is 3.07. The fourth-order valence-electron chi connectivity index (χ4n) is 1.88. The number of carbonyl (C=O) groups is 2. The van der Waals surface area contributed by atoms with Crippen LogP contribution in [-0.2, 0) is 14.3 Å². The van der Waals surface area contributed by atoms with Gasteiger partial charge in [0.05, 0.1) is 0 Å². The van der Waals surface area contributed by atoms with Crippen molar-refractivity contribution < 1.29 is 19.1 Å². The molecule has 0 aromatic carbocycles. The smallest absolute Gasteiger partial charge is 0.410 e. The van der Waals surface area contributed by atoms with Gasteiger partial charge in [-0.2, -0.15) is 0 Å². The Labute approximate surface area is 112 Å². The highest BCUT2D eigenvalue weighted by Gasteiger charge is 2.51. The van der Waals surface area contributed by atoms with Crippen LogP contribution in [0.4, 0.5) is 4.79 Å². The molecule has 1 saturated carbocycles. The normalized spacial score (nSPS) is 17.6. The predicted octanol–water partition coefficient (Wildman–Crippen LogP) is 2.52. The Hall–Kier alpha value is -0.970. The van der Waals surface area contributed by atoms with Crippen molar-refractivity contribution in [3.63, 3.8) is 0 Å². The first-order valence-corrected chi connectivity index (χ1v) is 6.46. The van der Waals surface area contributed by atoms with E-state index in [2.05, 4.69) is 0 Å². The Balaban J connectivity index is 2.76. The van der Waals surface area contributed by atoms with Crippen LogP contribution in [0.3, 0.4) is 0 Å². The molecule has 0 heterocycles. The van der Waals surface area contributed by atoms with Crippen LogP contribution >= 0.6 is 11.6 Å². The Kier molecular flexibility index (Phi) is 4.48. The van der Waals surface area contributed by atoms with Crippen LogP contribution < -0.4 is 0 Å². The first-order chi connectivity index (χ1) is 8.23. The Bertz CT molecular complexity index is 333. The molecule has 5 nitrogen and oxygen atoms in total. The summed E-state index contributed by atoms with van der Waals surface area (Å²) in [5.74, 6) is -0.461. The molecule has 0 radical (unpaired) electrons. The van der Waals surface area contributed by atoms with Crippen LogP contribution in [0, 0.1) is 0 Å². The maximum Gasteiger partial charge on any atom is 0.410 e. The van der Waals surface area contributed by atoms with Gasteiger partial charge in [-0.1, -0.05) is 11.6 Å². The van der Waals surface area contributed by atoms with E-state index in [1.54, 1.807) is 27.8 Å². The summed E-state index contributed by atoms with van der Waals surface area (Å²) in [6.45, 7) is 5.34. The fourth-order valence-corrected chi connectivity index (χ4v) is 1.98. The summed E-state index contributed by atoms with van der Waals surface area (Å²) in [7, 11) is 1.56. The second-order valence-corrected chi connectivity index (χ2v) is 5.68. The number of esters is 1. The van der Waals surface area contributed by atoms with E-state index in [-0.39, 0.29) is 6.07 Å². The topological polar surface area (TPSA) is 55.8 Å². The molecule has 0 aliphatic heterocycles. The molecule has 0 saturated heterocycles. The minimum absolute atomic E-state index is 0.206. The molecule has 0 N–H and O–H groups in total. The quantitative estimate of drug-likeness (QED) is 0.587. The molecular weight excluding hydrogens is 258 g/mol. The van der Waals surface area contributed by atoms with Gasteiger partial charge in [0.15, 0.2) is 6.07 Å². The molecule has 0 spiro atoms. The number of likely N-dealkylation sites (N-methyl/N-ethyl adjacent to an activating group) is 1. The summed E-state index contributed by atoms with van der Waals surface area (Å²) in [6, 6.07) is -0.206. The average Bonchev–Trinajstić information content (AvgIpc) is 2.13. The van der Waals surface area contributed by atoms with Gasteiger partial charge in [0, 0.05) is 7.05 Å². The van der Waals surface area contributed by atoms with Crippen molar-refractivity contribution in [1.29, 1.82) is 0 Å². The molecule has 0 aromatic heterocycles. The van der Waals surface area contributed by atoms with Gasteiger partial charge in [0.2, 0.25) is 0 Å². The number of halogens is 1. The number of hydrogen-bond acceptors (Lipinski definition) is 4. The van der Waals surface area contributed by atoms with Crippen molar-refractivity contribution in [2.24, 2.45) is 0 Å². The lowest BCUT2D eigenvalue weighted by molar-refractivity contribution is -0.161. The van der Waals surface area contributed by atoms with Crippen LogP contribution in [-0.4, -0.2) is 41.2 Å². The van der Waals surface area contributed by atoms with Crippen molar-refractivity contribution in [1.82, 2.24) is 4.90 Å². The highest BCUT2D eigenvalue weighted by molar-refractivity contribution is 6.17. The maximum atomic E-state index is 12.0. The zero-order valence-corrected chi connectivity index (χ0v) is 12.0. The minimum Gasteiger partial charge on any atom is -0.448 e. The summed E-state index contributed by atoms with van der Waals surface area (Å²) >= 11 is 5.40. The Morgan fingerprint density at radius 2 is 1.89 bits per heavy atom. The lowest BCUT2D eigenvalue weighted by Gasteiger charge is -2.45. The van der Waals surface area contributed by atoms with Gasteiger partial charge < -0.3 is 9.47 Å². The average molecular weight is 278 g/mol. The molecule has 104 valence electrons. The van der Waals surface area contributed by atoms with Crippen LogP contribution in [0.1, 0.15) is 40.0 Å². The molecule has 1 fully saturated rings. The molecule has 0 unspecified atom stereocenters. The molecule has 0 atom stereocenters. The molecular formula is C12H20ClNO4. The third-order valence-electron chi connectivity index (χ3n) is 3.06. The largest absolute Gasteiger partial charge is 0.448 e. The van der Waals surface area contributed by atoms with Gasteiger partial charge in [0.25, 0.3) is 0 Å². The number of ether oxygens (including phenoxy) is 2. The summed E-state index contributed by atoms with van der Waals surface area (Å²) < 4.78 is 10.1. The first kappa shape index (κ1) is 15.1. The molecule has 6 heteroatoms. The monoisotopic (exact) mass is 277 g/mol. The van der Waals surface area contributed by atoms with Crippen molar-refractivity contribution in [3.8, 4) is 0 Å². The van der Waals surface area contributed by atoms with Gasteiger partial charge in [-0.05, 0) is 40.0 Å². The summed E-state index contributed by atoms with van der Waals surface area (Å²) in [4.78, 5) is 25.2. The van der Waals surface area contributed by atoms with Crippen LogP contribution in [0.5, 0.6) is 0 Å². The molecule has 0 bridgehead atoms. The van der Waals surface area contributed by atoms with Gasteiger partial charge in [-0.3, -0.25) is 4.90 Å². The summed E-state index contributed by atoms with van der Waals surface area (Å²) in [5.41, 5.74) is -1.50. The highest BCUT2D eigenvalue weighted by Crippen LogP contribution is 2.38. The van der Waals surface area contributed by atoms with E-state index in [0.717, 1.165) is 6.42 Å². The van der Waals surface area contributed by atoms with E-state index in [9.17, 15) is 9.59 Å². The number of alkyl halides is 1. The van der Waals surface area contributed by atoms with E-state index >= 15 is 0 Å². The molecule has 1 amide bonds. The Morgan fingerprint density at radius 3 is 2.22 bits per heavy atom. The van der Waals surface area contributed by atoms with Crippen molar-refractivity contribution >= 4 is 23.7 Å². The van der Waals surface area contributed by atoms with Gasteiger partial charge in [0.1, 0.15) is 11.1 Å². The van der Waals surface area contributed by atoms with Crippen molar-refractivity contribution in [2.75, 3.05) is 13.1 Å². The van der Waals surface area contributed by atoms with E-state index in [0.29, 0.717) is 12.8 Å². The van der Waals surface area contributed by atoms with Gasteiger partial charge >= 0.3 is 12.1 Å². The molecule has 1 aliphatic carbocycles. The lowest BCUT2D eigenvalue weighted by atomic mass is 9.75. The molecule has 18 heavy (non-hydrogen) atoms. The zero-order chi connectivity index (χ0) is 14.0. The van der Waals surface area contributed by atoms with Crippen LogP contribution in [0.15, 0.2) is 0 Å². The maximum absolute atomic E-state index is 12.0. The number of carbonyl (C=O) groups excluding carboxylic acids is 2.